The molecule has 1 saturated carbocycles. The molecule has 2 fully saturated rings. The summed E-state index contributed by atoms with van der Waals surface area (Å²) in [4.78, 5) is 13.6. The number of carbonyl (C=O) groups excluding carboxylic acids is 1. The van der Waals surface area contributed by atoms with Gasteiger partial charge in [0.05, 0.1) is 12.7 Å². The number of likely N-dealkylation sites (tertiary alicyclic amines) is 1. The van der Waals surface area contributed by atoms with Gasteiger partial charge in [-0.2, -0.15) is 0 Å². The summed E-state index contributed by atoms with van der Waals surface area (Å²) in [6, 6.07) is 7.66. The van der Waals surface area contributed by atoms with E-state index in [0.717, 1.165) is 36.5 Å². The molecule has 96 valence electrons. The maximum Gasteiger partial charge on any atom is 0.225 e. The molecule has 1 aromatic rings. The van der Waals surface area contributed by atoms with Crippen LogP contribution in [0.15, 0.2) is 24.3 Å². The number of benzene rings is 1. The summed E-state index contributed by atoms with van der Waals surface area (Å²) in [6.45, 7) is 2.10. The lowest BCUT2D eigenvalue weighted by molar-refractivity contribution is -0.147. The van der Waals surface area contributed by atoms with E-state index in [2.05, 4.69) is 0 Å². The van der Waals surface area contributed by atoms with Crippen LogP contribution < -0.4 is 0 Å². The van der Waals surface area contributed by atoms with Crippen LogP contribution in [0.1, 0.15) is 18.4 Å². The van der Waals surface area contributed by atoms with Crippen LogP contribution in [-0.4, -0.2) is 30.0 Å². The topological polar surface area (TPSA) is 29.5 Å². The molecule has 0 atom stereocenters. The number of amides is 1. The molecule has 0 spiro atoms. The summed E-state index contributed by atoms with van der Waals surface area (Å²) in [7, 11) is 0. The number of halogens is 1. The molecule has 1 aliphatic heterocycles. The minimum absolute atomic E-state index is 0.198. The smallest absolute Gasteiger partial charge is 0.225 e. The van der Waals surface area contributed by atoms with E-state index in [4.69, 9.17) is 16.3 Å². The number of rotatable bonds is 4. The van der Waals surface area contributed by atoms with Crippen molar-refractivity contribution in [2.75, 3.05) is 13.1 Å². The average molecular weight is 266 g/mol. The van der Waals surface area contributed by atoms with Crippen molar-refractivity contribution in [3.8, 4) is 0 Å². The van der Waals surface area contributed by atoms with Gasteiger partial charge in [0.1, 0.15) is 0 Å². The minimum Gasteiger partial charge on any atom is -0.370 e. The second kappa shape index (κ2) is 4.90. The number of hydrogen-bond acceptors (Lipinski definition) is 2. The summed E-state index contributed by atoms with van der Waals surface area (Å²) in [5.74, 6) is 0.642. The van der Waals surface area contributed by atoms with E-state index >= 15 is 0 Å². The normalized spacial score (nSPS) is 19.7. The lowest BCUT2D eigenvalue weighted by Gasteiger charge is -2.39. The van der Waals surface area contributed by atoms with Crippen molar-refractivity contribution in [3.05, 3.63) is 34.9 Å². The predicted octanol–water partition coefficient (Wildman–Crippen LogP) is 2.48. The molecule has 1 heterocycles. The molecule has 0 aromatic heterocycles. The Kier molecular flexibility index (Phi) is 3.27. The molecule has 4 heteroatoms. The summed E-state index contributed by atoms with van der Waals surface area (Å²) in [6.07, 6.45) is 2.35. The molecule has 1 aliphatic carbocycles. The quantitative estimate of drug-likeness (QED) is 0.837. The second-order valence-corrected chi connectivity index (χ2v) is 5.51. The molecule has 1 saturated heterocycles. The SMILES string of the molecule is O=C(C1CC1)N1CC(OCc2ccc(Cl)cc2)C1. The first-order chi connectivity index (χ1) is 8.72. The first-order valence-electron chi connectivity index (χ1n) is 6.37. The Bertz CT molecular complexity index is 436. The van der Waals surface area contributed by atoms with Gasteiger partial charge in [0, 0.05) is 24.0 Å². The number of hydrogen-bond donors (Lipinski definition) is 0. The Balaban J connectivity index is 1.40. The molecule has 2 aliphatic rings. The van der Waals surface area contributed by atoms with E-state index in [9.17, 15) is 4.79 Å². The maximum absolute atomic E-state index is 11.7. The van der Waals surface area contributed by atoms with Gasteiger partial charge in [-0.1, -0.05) is 23.7 Å². The Morgan fingerprint density at radius 2 is 1.94 bits per heavy atom. The van der Waals surface area contributed by atoms with Gasteiger partial charge in [-0.3, -0.25) is 4.79 Å². The fraction of sp³-hybridized carbons (Fsp3) is 0.500. The van der Waals surface area contributed by atoms with Crippen molar-refractivity contribution in [2.24, 2.45) is 5.92 Å². The molecule has 0 N–H and O–H groups in total. The highest BCUT2D eigenvalue weighted by molar-refractivity contribution is 6.30. The third kappa shape index (κ3) is 2.68. The van der Waals surface area contributed by atoms with Crippen LogP contribution in [0.4, 0.5) is 0 Å². The van der Waals surface area contributed by atoms with E-state index in [-0.39, 0.29) is 6.10 Å². The monoisotopic (exact) mass is 265 g/mol. The first kappa shape index (κ1) is 12.0. The molecule has 3 rings (SSSR count). The number of carbonyl (C=O) groups is 1. The third-order valence-corrected chi connectivity index (χ3v) is 3.74. The lowest BCUT2D eigenvalue weighted by atomic mass is 10.1. The van der Waals surface area contributed by atoms with Gasteiger partial charge in [0.25, 0.3) is 0 Å². The maximum atomic E-state index is 11.7. The average Bonchev–Trinajstić information content (AvgIpc) is 3.13. The zero-order valence-corrected chi connectivity index (χ0v) is 10.9. The fourth-order valence-electron chi connectivity index (χ4n) is 2.11. The minimum atomic E-state index is 0.198. The molecule has 0 radical (unpaired) electrons. The standard InChI is InChI=1S/C14H16ClNO2/c15-12-5-1-10(2-6-12)9-18-13-7-16(8-13)14(17)11-3-4-11/h1-2,5-6,11,13H,3-4,7-9H2. The van der Waals surface area contributed by atoms with Crippen LogP contribution in [0.5, 0.6) is 0 Å². The molecule has 1 amide bonds. The van der Waals surface area contributed by atoms with Gasteiger partial charge in [-0.15, -0.1) is 0 Å². The van der Waals surface area contributed by atoms with Crippen LogP contribution in [0.2, 0.25) is 5.02 Å². The summed E-state index contributed by atoms with van der Waals surface area (Å²) in [5.41, 5.74) is 1.12. The van der Waals surface area contributed by atoms with Gasteiger partial charge >= 0.3 is 0 Å². The Labute approximate surface area is 112 Å². The first-order valence-corrected chi connectivity index (χ1v) is 6.75. The third-order valence-electron chi connectivity index (χ3n) is 3.49. The van der Waals surface area contributed by atoms with E-state index in [1.807, 2.05) is 29.2 Å². The van der Waals surface area contributed by atoms with Gasteiger partial charge in [-0.05, 0) is 30.5 Å². The van der Waals surface area contributed by atoms with Crippen LogP contribution in [0.3, 0.4) is 0 Å². The Morgan fingerprint density at radius 1 is 1.28 bits per heavy atom. The van der Waals surface area contributed by atoms with Crippen LogP contribution >= 0.6 is 11.6 Å². The molecule has 0 bridgehead atoms. The highest BCUT2D eigenvalue weighted by atomic mass is 35.5. The van der Waals surface area contributed by atoms with Crippen LogP contribution in [-0.2, 0) is 16.1 Å². The highest BCUT2D eigenvalue weighted by Crippen LogP contribution is 2.32. The van der Waals surface area contributed by atoms with Gasteiger partial charge in [-0.25, -0.2) is 0 Å². The summed E-state index contributed by atoms with van der Waals surface area (Å²) >= 11 is 5.82. The number of nitrogens with zero attached hydrogens (tertiary/aromatic N) is 1. The molecular formula is C14H16ClNO2. The van der Waals surface area contributed by atoms with Crippen LogP contribution in [0.25, 0.3) is 0 Å². The highest BCUT2D eigenvalue weighted by Gasteiger charge is 2.39. The fourth-order valence-corrected chi connectivity index (χ4v) is 2.23. The molecular weight excluding hydrogens is 250 g/mol. The Morgan fingerprint density at radius 3 is 2.56 bits per heavy atom. The van der Waals surface area contributed by atoms with E-state index in [0.29, 0.717) is 18.4 Å². The molecule has 1 aromatic carbocycles. The lowest BCUT2D eigenvalue weighted by Crippen LogP contribution is -2.55. The predicted molar refractivity (Wildman–Crippen MR) is 69.3 cm³/mol. The van der Waals surface area contributed by atoms with E-state index < -0.39 is 0 Å². The zero-order valence-electron chi connectivity index (χ0n) is 10.1. The van der Waals surface area contributed by atoms with Crippen molar-refractivity contribution in [1.82, 2.24) is 4.90 Å². The van der Waals surface area contributed by atoms with Crippen molar-refractivity contribution < 1.29 is 9.53 Å². The number of ether oxygens (including phenoxy) is 1. The largest absolute Gasteiger partial charge is 0.370 e. The van der Waals surface area contributed by atoms with Crippen molar-refractivity contribution >= 4 is 17.5 Å². The molecule has 0 unspecified atom stereocenters. The molecule has 3 nitrogen and oxygen atoms in total. The zero-order chi connectivity index (χ0) is 12.5. The summed E-state index contributed by atoms with van der Waals surface area (Å²) < 4.78 is 5.75. The second-order valence-electron chi connectivity index (χ2n) is 5.08. The van der Waals surface area contributed by atoms with E-state index in [1.165, 1.54) is 0 Å². The molecule has 18 heavy (non-hydrogen) atoms. The summed E-state index contributed by atoms with van der Waals surface area (Å²) in [5, 5.41) is 0.739. The van der Waals surface area contributed by atoms with E-state index in [1.54, 1.807) is 0 Å². The van der Waals surface area contributed by atoms with Crippen LogP contribution in [0, 0.1) is 5.92 Å². The van der Waals surface area contributed by atoms with Gasteiger partial charge < -0.3 is 9.64 Å². The Hall–Kier alpha value is -1.06. The van der Waals surface area contributed by atoms with Crippen molar-refractivity contribution in [2.45, 2.75) is 25.6 Å². The van der Waals surface area contributed by atoms with Crippen molar-refractivity contribution in [1.29, 1.82) is 0 Å². The van der Waals surface area contributed by atoms with Crippen molar-refractivity contribution in [3.63, 3.8) is 0 Å². The van der Waals surface area contributed by atoms with Gasteiger partial charge in [0.15, 0.2) is 0 Å². The van der Waals surface area contributed by atoms with Gasteiger partial charge in [0.2, 0.25) is 5.91 Å².